The normalized spacial score (nSPS) is 50.9. The number of hydrogen-bond acceptors (Lipinski definition) is 1. The number of ketones is 1. The van der Waals surface area contributed by atoms with Gasteiger partial charge in [-0.05, 0) is 23.7 Å². The lowest BCUT2D eigenvalue weighted by Crippen LogP contribution is -2.55. The molecule has 0 N–H and O–H groups in total. The first-order chi connectivity index (χ1) is 6.93. The molecule has 1 heteroatoms. The van der Waals surface area contributed by atoms with Gasteiger partial charge in [0.15, 0.2) is 0 Å². The van der Waals surface area contributed by atoms with Crippen LogP contribution in [-0.4, -0.2) is 5.78 Å². The molecular formula is C14H20O. The van der Waals surface area contributed by atoms with Gasteiger partial charge in [-0.2, -0.15) is 0 Å². The van der Waals surface area contributed by atoms with Crippen molar-refractivity contribution in [1.82, 2.24) is 0 Å². The summed E-state index contributed by atoms with van der Waals surface area (Å²) in [5.74, 6) is 0.743. The first-order valence-electron chi connectivity index (χ1n) is 6.15. The van der Waals surface area contributed by atoms with Crippen molar-refractivity contribution in [3.8, 4) is 0 Å². The van der Waals surface area contributed by atoms with E-state index in [9.17, 15) is 4.79 Å². The maximum Gasteiger partial charge on any atom is 0.141 e. The zero-order valence-electron chi connectivity index (χ0n) is 9.97. The van der Waals surface area contributed by atoms with Crippen LogP contribution >= 0.6 is 0 Å². The summed E-state index contributed by atoms with van der Waals surface area (Å²) in [7, 11) is 0. The van der Waals surface area contributed by atoms with E-state index in [2.05, 4.69) is 32.9 Å². The number of hydrogen-bond donors (Lipinski definition) is 0. The Morgan fingerprint density at radius 2 is 2.00 bits per heavy atom. The van der Waals surface area contributed by atoms with Crippen LogP contribution in [-0.2, 0) is 4.79 Å². The summed E-state index contributed by atoms with van der Waals surface area (Å²) in [5.41, 5.74) is 0.770. The monoisotopic (exact) mass is 204 g/mol. The van der Waals surface area contributed by atoms with Crippen molar-refractivity contribution in [1.29, 1.82) is 0 Å². The quantitative estimate of drug-likeness (QED) is 0.553. The Morgan fingerprint density at radius 3 is 2.53 bits per heavy atom. The van der Waals surface area contributed by atoms with Gasteiger partial charge in [-0.15, -0.1) is 0 Å². The SMILES string of the molecule is CC1(C)CCC[C@]2(C)CC(=O)[C@H]3C=C[C@@]312. The van der Waals surface area contributed by atoms with Gasteiger partial charge in [0, 0.05) is 17.8 Å². The van der Waals surface area contributed by atoms with Gasteiger partial charge in [-0.3, -0.25) is 4.79 Å². The topological polar surface area (TPSA) is 17.1 Å². The fourth-order valence-electron chi connectivity index (χ4n) is 4.85. The van der Waals surface area contributed by atoms with Gasteiger partial charge in [0.2, 0.25) is 0 Å². The molecular weight excluding hydrogens is 184 g/mol. The van der Waals surface area contributed by atoms with Gasteiger partial charge >= 0.3 is 0 Å². The summed E-state index contributed by atoms with van der Waals surface area (Å²) in [4.78, 5) is 12.0. The summed E-state index contributed by atoms with van der Waals surface area (Å²) >= 11 is 0. The van der Waals surface area contributed by atoms with E-state index >= 15 is 0 Å². The van der Waals surface area contributed by atoms with Crippen LogP contribution in [0.5, 0.6) is 0 Å². The van der Waals surface area contributed by atoms with E-state index in [1.54, 1.807) is 0 Å². The van der Waals surface area contributed by atoms with E-state index in [0.717, 1.165) is 6.42 Å². The molecule has 0 aromatic heterocycles. The highest BCUT2D eigenvalue weighted by Crippen LogP contribution is 2.73. The highest BCUT2D eigenvalue weighted by molar-refractivity contribution is 5.90. The summed E-state index contributed by atoms with van der Waals surface area (Å²) in [6, 6.07) is 0. The van der Waals surface area contributed by atoms with Crippen LogP contribution in [0.4, 0.5) is 0 Å². The highest BCUT2D eigenvalue weighted by Gasteiger charge is 2.69. The number of allylic oxidation sites excluding steroid dienone is 2. The summed E-state index contributed by atoms with van der Waals surface area (Å²) in [6.45, 7) is 7.06. The lowest BCUT2D eigenvalue weighted by atomic mass is 9.42. The summed E-state index contributed by atoms with van der Waals surface area (Å²) in [5, 5.41) is 0. The molecule has 0 aliphatic heterocycles. The van der Waals surface area contributed by atoms with E-state index in [-0.39, 0.29) is 16.7 Å². The maximum absolute atomic E-state index is 12.0. The Bertz CT molecular complexity index is 366. The minimum absolute atomic E-state index is 0.204. The molecule has 15 heavy (non-hydrogen) atoms. The summed E-state index contributed by atoms with van der Waals surface area (Å²) in [6.07, 6.45) is 9.13. The van der Waals surface area contributed by atoms with Crippen molar-refractivity contribution in [2.45, 2.75) is 46.5 Å². The molecule has 2 fully saturated rings. The third-order valence-corrected chi connectivity index (χ3v) is 5.60. The van der Waals surface area contributed by atoms with Crippen LogP contribution < -0.4 is 0 Å². The molecule has 0 amide bonds. The largest absolute Gasteiger partial charge is 0.299 e. The molecule has 0 aromatic rings. The highest BCUT2D eigenvalue weighted by atomic mass is 16.1. The van der Waals surface area contributed by atoms with Crippen LogP contribution in [0.15, 0.2) is 12.2 Å². The average molecular weight is 204 g/mol. The molecule has 0 radical (unpaired) electrons. The molecule has 3 atom stereocenters. The molecule has 1 nitrogen and oxygen atoms in total. The van der Waals surface area contributed by atoms with Crippen LogP contribution in [0, 0.1) is 22.2 Å². The van der Waals surface area contributed by atoms with E-state index in [1.807, 2.05) is 0 Å². The molecule has 3 aliphatic carbocycles. The van der Waals surface area contributed by atoms with Crippen LogP contribution in [0.1, 0.15) is 46.5 Å². The first kappa shape index (κ1) is 9.62. The molecule has 0 unspecified atom stereocenters. The number of carbonyl (C=O) groups excluding carboxylic acids is 1. The Hall–Kier alpha value is -0.590. The zero-order chi connectivity index (χ0) is 10.9. The van der Waals surface area contributed by atoms with Gasteiger partial charge in [0.05, 0.1) is 0 Å². The molecule has 82 valence electrons. The van der Waals surface area contributed by atoms with Crippen LogP contribution in [0.2, 0.25) is 0 Å². The zero-order valence-corrected chi connectivity index (χ0v) is 9.97. The van der Waals surface area contributed by atoms with E-state index in [4.69, 9.17) is 0 Å². The minimum atomic E-state index is 0.204. The number of Topliss-reactive ketones (excluding diaryl/α,β-unsaturated/α-hetero) is 1. The standard InChI is InChI=1S/C14H20O/c1-12(2)6-4-7-13(3)9-11(15)10-5-8-14(10,12)13/h5,8,10H,4,6-7,9H2,1-3H3/t10-,13-,14-/m1/s1. The van der Waals surface area contributed by atoms with Gasteiger partial charge in [0.25, 0.3) is 0 Å². The Balaban J connectivity index is 2.18. The third kappa shape index (κ3) is 0.811. The number of rotatable bonds is 0. The second-order valence-electron chi connectivity index (χ2n) is 6.65. The van der Waals surface area contributed by atoms with Crippen molar-refractivity contribution in [3.63, 3.8) is 0 Å². The Labute approximate surface area is 91.9 Å². The smallest absolute Gasteiger partial charge is 0.141 e. The average Bonchev–Trinajstić information content (AvgIpc) is 2.12. The number of carbonyl (C=O) groups is 1. The van der Waals surface area contributed by atoms with Crippen molar-refractivity contribution >= 4 is 5.78 Å². The third-order valence-electron chi connectivity index (χ3n) is 5.60. The van der Waals surface area contributed by atoms with Crippen molar-refractivity contribution in [2.75, 3.05) is 0 Å². The molecule has 2 saturated carbocycles. The Morgan fingerprint density at radius 1 is 1.27 bits per heavy atom. The molecule has 3 aliphatic rings. The molecule has 0 heterocycles. The summed E-state index contributed by atoms with van der Waals surface area (Å²) < 4.78 is 0. The second-order valence-corrected chi connectivity index (χ2v) is 6.65. The van der Waals surface area contributed by atoms with Crippen LogP contribution in [0.25, 0.3) is 0 Å². The fourth-order valence-corrected chi connectivity index (χ4v) is 4.85. The molecule has 0 bridgehead atoms. The van der Waals surface area contributed by atoms with Crippen molar-refractivity contribution in [3.05, 3.63) is 12.2 Å². The van der Waals surface area contributed by atoms with Gasteiger partial charge < -0.3 is 0 Å². The van der Waals surface area contributed by atoms with E-state index < -0.39 is 0 Å². The molecule has 0 saturated heterocycles. The van der Waals surface area contributed by atoms with Crippen molar-refractivity contribution in [2.24, 2.45) is 22.2 Å². The fraction of sp³-hybridized carbons (Fsp3) is 0.786. The van der Waals surface area contributed by atoms with Crippen molar-refractivity contribution < 1.29 is 4.79 Å². The minimum Gasteiger partial charge on any atom is -0.299 e. The van der Waals surface area contributed by atoms with Gasteiger partial charge in [-0.1, -0.05) is 39.3 Å². The predicted octanol–water partition coefficient (Wildman–Crippen LogP) is 3.35. The predicted molar refractivity (Wildman–Crippen MR) is 60.4 cm³/mol. The van der Waals surface area contributed by atoms with E-state index in [1.165, 1.54) is 19.3 Å². The second kappa shape index (κ2) is 2.39. The van der Waals surface area contributed by atoms with Gasteiger partial charge in [-0.25, -0.2) is 0 Å². The van der Waals surface area contributed by atoms with Gasteiger partial charge in [0.1, 0.15) is 5.78 Å². The lowest BCUT2D eigenvalue weighted by molar-refractivity contribution is -0.123. The first-order valence-corrected chi connectivity index (χ1v) is 6.15. The maximum atomic E-state index is 12.0. The Kier molecular flexibility index (Phi) is 1.53. The molecule has 3 rings (SSSR count). The van der Waals surface area contributed by atoms with Crippen LogP contribution in [0.3, 0.4) is 0 Å². The molecule has 0 aromatic carbocycles. The molecule has 1 spiro atoms. The van der Waals surface area contributed by atoms with E-state index in [0.29, 0.717) is 11.2 Å². The lowest BCUT2D eigenvalue weighted by Gasteiger charge is -2.61.